The predicted octanol–water partition coefficient (Wildman–Crippen LogP) is 1.07. The molecule has 0 bridgehead atoms. The normalized spacial score (nSPS) is 21.9. The Morgan fingerprint density at radius 3 is 2.56 bits per heavy atom. The van der Waals surface area contributed by atoms with Gasteiger partial charge in [-0.05, 0) is 17.6 Å². The lowest BCUT2D eigenvalue weighted by Gasteiger charge is -2.11. The van der Waals surface area contributed by atoms with E-state index in [9.17, 15) is 18.0 Å². The van der Waals surface area contributed by atoms with Gasteiger partial charge in [-0.25, -0.2) is 0 Å². The van der Waals surface area contributed by atoms with Crippen molar-refractivity contribution in [3.63, 3.8) is 0 Å². The average molecular weight is 242 g/mol. The predicted molar refractivity (Wildman–Crippen MR) is 49.2 cm³/mol. The van der Waals surface area contributed by atoms with Gasteiger partial charge < -0.3 is 16.2 Å². The molecule has 0 saturated carbocycles. The van der Waals surface area contributed by atoms with Gasteiger partial charge in [-0.15, -0.1) is 13.2 Å². The second kappa shape index (κ2) is 4.40. The lowest BCUT2D eigenvalue weighted by atomic mass is 10.1. The van der Waals surface area contributed by atoms with E-state index in [2.05, 4.69) is 4.74 Å². The van der Waals surface area contributed by atoms with Crippen molar-refractivity contribution >= 4 is 5.91 Å². The molecule has 1 aromatic rings. The summed E-state index contributed by atoms with van der Waals surface area (Å²) in [6, 6.07) is -8.34. The Hall–Kier alpha value is -1.76. The van der Waals surface area contributed by atoms with E-state index in [0.717, 1.165) is 0 Å². The Bertz CT molecular complexity index is 642. The van der Waals surface area contributed by atoms with Gasteiger partial charge in [0.2, 0.25) is 5.91 Å². The van der Waals surface area contributed by atoms with E-state index in [1.807, 2.05) is 0 Å². The number of ether oxygens (including phenoxy) is 1. The molecular weight excluding hydrogens is 225 g/mol. The van der Waals surface area contributed by atoms with Crippen LogP contribution < -0.4 is 16.2 Å². The summed E-state index contributed by atoms with van der Waals surface area (Å²) in [5, 5.41) is 0. The third-order valence-electron chi connectivity index (χ3n) is 1.28. The third kappa shape index (κ3) is 3.43. The Morgan fingerprint density at radius 1 is 1.50 bits per heavy atom. The monoisotopic (exact) mass is 242 g/mol. The number of rotatable bonds is 4. The largest absolute Gasteiger partial charge is 0.573 e. The van der Waals surface area contributed by atoms with Gasteiger partial charge in [0.25, 0.3) is 0 Å². The molecule has 4 N–H and O–H groups in total. The van der Waals surface area contributed by atoms with Crippen LogP contribution in [0, 0.1) is 0 Å². The number of benzene rings is 1. The molecule has 0 spiro atoms. The molecule has 16 heavy (non-hydrogen) atoms. The number of halogens is 3. The lowest BCUT2D eigenvalue weighted by molar-refractivity contribution is -0.274. The molecule has 0 saturated heterocycles. The topological polar surface area (TPSA) is 78.3 Å². The van der Waals surface area contributed by atoms with Gasteiger partial charge in [0.1, 0.15) is 13.2 Å². The molecule has 4 nitrogen and oxygen atoms in total. The first-order chi connectivity index (χ1) is 10.8. The van der Waals surface area contributed by atoms with Crippen LogP contribution in [0.4, 0.5) is 13.2 Å². The Labute approximate surface area is 100 Å². The van der Waals surface area contributed by atoms with Crippen molar-refractivity contribution in [3.8, 4) is 5.75 Å². The van der Waals surface area contributed by atoms with Crippen LogP contribution in [0.1, 0.15) is 18.4 Å². The summed E-state index contributed by atoms with van der Waals surface area (Å²) in [6.45, 7) is 0. The zero-order chi connectivity index (χ0) is 19.0. The van der Waals surface area contributed by atoms with Crippen molar-refractivity contribution in [1.82, 2.24) is 0 Å². The van der Waals surface area contributed by atoms with Crippen molar-refractivity contribution in [2.75, 3.05) is 0 Å². The van der Waals surface area contributed by atoms with Gasteiger partial charge >= 0.3 is 6.36 Å². The molecule has 88 valence electrons. The summed E-state index contributed by atoms with van der Waals surface area (Å²) in [4.78, 5) is 11.7. The standard InChI is InChI=1S/C9H9F3N2O2/c10-9(11,12)16-6-3-1-5(2-4-6)7(13)8(14)15/h1-4,7H,13H2,(H2,14,15)/i1D,2D,3D,4D,7D/hD3. The minimum atomic E-state index is -5.31. The molecule has 0 aromatic heterocycles. The molecule has 0 fully saturated rings. The number of primary amides is 1. The number of hydrogen-bond acceptors (Lipinski definition) is 3. The molecule has 0 aliphatic rings. The van der Waals surface area contributed by atoms with Gasteiger partial charge in [0, 0.05) is 0 Å². The fourth-order valence-electron chi connectivity index (χ4n) is 0.700. The highest BCUT2D eigenvalue weighted by molar-refractivity contribution is 5.81. The lowest BCUT2D eigenvalue weighted by Crippen LogP contribution is -2.28. The van der Waals surface area contributed by atoms with Crippen LogP contribution in [0.2, 0.25) is 4.24 Å². The second-order valence-corrected chi connectivity index (χ2v) is 2.43. The van der Waals surface area contributed by atoms with Crippen LogP contribution in [0.3, 0.4) is 0 Å². The molecule has 0 aliphatic heterocycles. The van der Waals surface area contributed by atoms with Crippen molar-refractivity contribution in [2.45, 2.75) is 12.4 Å². The zero-order valence-corrected chi connectivity index (χ0v) is 7.40. The molecule has 0 aliphatic carbocycles. The van der Waals surface area contributed by atoms with Gasteiger partial charge in [-0.3, -0.25) is 4.79 Å². The molecule has 1 atom stereocenters. The SMILES string of the molecule is [2H]NC([2H])(C(=O)N([2H])[2H])c1c([2H])c([2H])c(OC(F)(F)F)c([2H])c1[2H]. The van der Waals surface area contributed by atoms with Gasteiger partial charge in [0.05, 0.1) is 6.85 Å². The average Bonchev–Trinajstić information content (AvgIpc) is 2.47. The maximum Gasteiger partial charge on any atom is 0.573 e. The fraction of sp³-hybridized carbons (Fsp3) is 0.222. The van der Waals surface area contributed by atoms with Crippen LogP contribution in [-0.4, -0.2) is 12.3 Å². The van der Waals surface area contributed by atoms with Crippen LogP contribution >= 0.6 is 0 Å². The quantitative estimate of drug-likeness (QED) is 0.828. The highest BCUT2D eigenvalue weighted by Gasteiger charge is 2.31. The van der Waals surface area contributed by atoms with E-state index in [4.69, 9.17) is 11.1 Å². The maximum atomic E-state index is 12.3. The highest BCUT2D eigenvalue weighted by Crippen LogP contribution is 2.23. The van der Waals surface area contributed by atoms with Crippen molar-refractivity contribution in [2.24, 2.45) is 11.4 Å². The molecule has 7 heteroatoms. The summed E-state index contributed by atoms with van der Waals surface area (Å²) in [5.74, 6) is -3.25. The first-order valence-electron chi connectivity index (χ1n) is 7.55. The summed E-state index contributed by atoms with van der Waals surface area (Å²) in [5.41, 5.74) is -0.471. The number of carbonyl (C=O) groups excluding carboxylic acids is 1. The molecular formula is C9H9F3N2O2. The minimum Gasteiger partial charge on any atom is -0.406 e. The summed E-state index contributed by atoms with van der Waals surface area (Å²) in [7, 11) is 0. The molecule has 0 heterocycles. The number of hydrogen-bond donors (Lipinski definition) is 2. The Balaban J connectivity index is 3.72. The summed E-state index contributed by atoms with van der Waals surface area (Å²) < 4.78 is 98.8. The van der Waals surface area contributed by atoms with E-state index in [1.54, 1.807) is 0 Å². The highest BCUT2D eigenvalue weighted by atomic mass is 19.4. The number of carbonyl (C=O) groups is 1. The molecule has 1 amide bonds. The van der Waals surface area contributed by atoms with Crippen LogP contribution in [-0.2, 0) is 4.79 Å². The zero-order valence-electron chi connectivity index (χ0n) is 15.4. The van der Waals surface area contributed by atoms with E-state index in [-0.39, 0.29) is 0 Å². The number of amides is 1. The van der Waals surface area contributed by atoms with Gasteiger partial charge in [-0.2, -0.15) is 0 Å². The van der Waals surface area contributed by atoms with Crippen molar-refractivity contribution in [3.05, 3.63) is 29.7 Å². The Morgan fingerprint density at radius 2 is 2.12 bits per heavy atom. The fourth-order valence-corrected chi connectivity index (χ4v) is 0.700. The molecule has 1 aromatic carbocycles. The molecule has 0 radical (unpaired) electrons. The smallest absolute Gasteiger partial charge is 0.406 e. The van der Waals surface area contributed by atoms with E-state index >= 15 is 0 Å². The van der Waals surface area contributed by atoms with E-state index in [1.165, 1.54) is 5.73 Å². The maximum absolute atomic E-state index is 12.3. The van der Waals surface area contributed by atoms with E-state index < -0.39 is 59.5 Å². The second-order valence-electron chi connectivity index (χ2n) is 2.43. The van der Waals surface area contributed by atoms with Gasteiger partial charge in [0.15, 0.2) is 2.82 Å². The summed E-state index contributed by atoms with van der Waals surface area (Å²) in [6.07, 6.45) is -5.31. The first-order valence-corrected chi connectivity index (χ1v) is 3.65. The van der Waals surface area contributed by atoms with Crippen LogP contribution in [0.15, 0.2) is 24.2 Å². The first kappa shape index (κ1) is 5.05. The van der Waals surface area contributed by atoms with Crippen LogP contribution in [0.25, 0.3) is 0 Å². The van der Waals surface area contributed by atoms with Crippen molar-refractivity contribution < 1.29 is 33.8 Å². The molecule has 1 rings (SSSR count). The molecule has 1 unspecified atom stereocenters. The van der Waals surface area contributed by atoms with Crippen LogP contribution in [0.5, 0.6) is 5.75 Å². The third-order valence-corrected chi connectivity index (χ3v) is 1.28. The van der Waals surface area contributed by atoms with E-state index in [0.29, 0.717) is 0 Å². The minimum absolute atomic E-state index is 0.638. The van der Waals surface area contributed by atoms with Crippen molar-refractivity contribution in [1.29, 1.82) is 0 Å². The number of nitrogens with two attached hydrogens (primary N) is 2. The van der Waals surface area contributed by atoms with Gasteiger partial charge in [-0.1, -0.05) is 12.1 Å². The number of alkyl halides is 3. The Kier molecular flexibility index (Phi) is 1.39. The summed E-state index contributed by atoms with van der Waals surface area (Å²) >= 11 is 0.